The van der Waals surface area contributed by atoms with Gasteiger partial charge in [-0.15, -0.1) is 0 Å². The molecule has 0 spiro atoms. The molecule has 1 aromatic carbocycles. The molecule has 0 amide bonds. The second-order valence-electron chi connectivity index (χ2n) is 6.27. The summed E-state index contributed by atoms with van der Waals surface area (Å²) in [5.41, 5.74) is 2.10. The van der Waals surface area contributed by atoms with Crippen LogP contribution in [-0.2, 0) is 6.54 Å². The molecule has 0 aliphatic heterocycles. The van der Waals surface area contributed by atoms with Crippen LogP contribution in [0.15, 0.2) is 60.9 Å². The Balaban J connectivity index is 1.80. The summed E-state index contributed by atoms with van der Waals surface area (Å²) in [5, 5.41) is 6.75. The van der Waals surface area contributed by atoms with Gasteiger partial charge in [0.15, 0.2) is 5.82 Å². The highest BCUT2D eigenvalue weighted by molar-refractivity contribution is 5.61. The molecule has 2 aromatic heterocycles. The van der Waals surface area contributed by atoms with Crippen LogP contribution in [0.4, 0.5) is 11.6 Å². The number of nitrogens with one attached hydrogen (secondary N) is 2. The van der Waals surface area contributed by atoms with Crippen LogP contribution in [0.2, 0.25) is 0 Å². The molecule has 0 saturated carbocycles. The Labute approximate surface area is 154 Å². The van der Waals surface area contributed by atoms with E-state index in [4.69, 9.17) is 0 Å². The molecular weight excluding hydrogens is 324 g/mol. The van der Waals surface area contributed by atoms with Gasteiger partial charge in [0, 0.05) is 43.7 Å². The first-order chi connectivity index (χ1) is 12.7. The summed E-state index contributed by atoms with van der Waals surface area (Å²) in [6, 6.07) is 15.9. The Hall–Kier alpha value is -2.99. The van der Waals surface area contributed by atoms with Gasteiger partial charge in [-0.05, 0) is 25.7 Å². The van der Waals surface area contributed by atoms with Gasteiger partial charge in [-0.3, -0.25) is 4.98 Å². The van der Waals surface area contributed by atoms with Crippen LogP contribution in [0.3, 0.4) is 0 Å². The van der Waals surface area contributed by atoms with Crippen LogP contribution in [-0.4, -0.2) is 47.0 Å². The molecule has 0 radical (unpaired) electrons. The molecule has 0 aliphatic rings. The van der Waals surface area contributed by atoms with Crippen molar-refractivity contribution in [2.24, 2.45) is 0 Å². The fraction of sp³-hybridized carbons (Fsp3) is 0.250. The number of aromatic nitrogens is 3. The first kappa shape index (κ1) is 17.8. The Morgan fingerprint density at radius 2 is 1.69 bits per heavy atom. The summed E-state index contributed by atoms with van der Waals surface area (Å²) in [6.07, 6.45) is 3.62. The normalized spacial score (nSPS) is 10.7. The van der Waals surface area contributed by atoms with Gasteiger partial charge in [-0.2, -0.15) is 0 Å². The number of hydrogen-bond acceptors (Lipinski definition) is 6. The van der Waals surface area contributed by atoms with Crippen molar-refractivity contribution in [2.45, 2.75) is 6.54 Å². The topological polar surface area (TPSA) is 66.0 Å². The molecule has 2 heterocycles. The van der Waals surface area contributed by atoms with Gasteiger partial charge in [0.2, 0.25) is 0 Å². The van der Waals surface area contributed by atoms with E-state index in [2.05, 4.69) is 44.6 Å². The standard InChI is InChI=1S/C20H24N6/c1-26(2)12-11-22-18-13-19(23-15-16-7-6-10-21-14-16)25-20(24-18)17-8-4-3-5-9-17/h3-10,13-14H,11-12,15H2,1-2H3,(H2,22,23,24,25). The van der Waals surface area contributed by atoms with E-state index < -0.39 is 0 Å². The van der Waals surface area contributed by atoms with Crippen molar-refractivity contribution in [1.29, 1.82) is 0 Å². The maximum atomic E-state index is 4.67. The van der Waals surface area contributed by atoms with Crippen molar-refractivity contribution in [2.75, 3.05) is 37.8 Å². The van der Waals surface area contributed by atoms with Crippen LogP contribution in [0.25, 0.3) is 11.4 Å². The van der Waals surface area contributed by atoms with Gasteiger partial charge in [-0.25, -0.2) is 9.97 Å². The van der Waals surface area contributed by atoms with Crippen molar-refractivity contribution in [1.82, 2.24) is 19.9 Å². The summed E-state index contributed by atoms with van der Waals surface area (Å²) in [4.78, 5) is 15.6. The largest absolute Gasteiger partial charge is 0.369 e. The van der Waals surface area contributed by atoms with Gasteiger partial charge < -0.3 is 15.5 Å². The van der Waals surface area contributed by atoms with Crippen LogP contribution < -0.4 is 10.6 Å². The molecule has 0 atom stereocenters. The highest BCUT2D eigenvalue weighted by Crippen LogP contribution is 2.20. The lowest BCUT2D eigenvalue weighted by Crippen LogP contribution is -2.21. The SMILES string of the molecule is CN(C)CCNc1cc(NCc2cccnc2)nc(-c2ccccc2)n1. The molecule has 3 rings (SSSR count). The van der Waals surface area contributed by atoms with Crippen LogP contribution >= 0.6 is 0 Å². The zero-order valence-corrected chi connectivity index (χ0v) is 15.2. The minimum absolute atomic E-state index is 0.663. The number of likely N-dealkylation sites (N-methyl/N-ethyl adjacent to an activating group) is 1. The Morgan fingerprint density at radius 1 is 0.923 bits per heavy atom. The monoisotopic (exact) mass is 348 g/mol. The van der Waals surface area contributed by atoms with Crippen molar-refractivity contribution >= 4 is 11.6 Å². The molecule has 0 saturated heterocycles. The first-order valence-electron chi connectivity index (χ1n) is 8.66. The maximum absolute atomic E-state index is 4.67. The van der Waals surface area contributed by atoms with E-state index in [0.29, 0.717) is 12.4 Å². The molecular formula is C20H24N6. The highest BCUT2D eigenvalue weighted by atomic mass is 15.1. The van der Waals surface area contributed by atoms with Crippen molar-refractivity contribution in [3.8, 4) is 11.4 Å². The molecule has 6 nitrogen and oxygen atoms in total. The molecule has 0 bridgehead atoms. The molecule has 3 aromatic rings. The predicted octanol–water partition coefficient (Wildman–Crippen LogP) is 3.12. The van der Waals surface area contributed by atoms with E-state index in [-0.39, 0.29) is 0 Å². The van der Waals surface area contributed by atoms with E-state index in [1.165, 1.54) is 0 Å². The number of hydrogen-bond donors (Lipinski definition) is 2. The van der Waals surface area contributed by atoms with Crippen molar-refractivity contribution in [3.05, 3.63) is 66.5 Å². The zero-order chi connectivity index (χ0) is 18.2. The third-order valence-corrected chi connectivity index (χ3v) is 3.82. The van der Waals surface area contributed by atoms with E-state index in [0.717, 1.165) is 35.9 Å². The Kier molecular flexibility index (Phi) is 6.11. The minimum atomic E-state index is 0.663. The molecule has 134 valence electrons. The van der Waals surface area contributed by atoms with E-state index in [1.54, 1.807) is 6.20 Å². The molecule has 0 aliphatic carbocycles. The van der Waals surface area contributed by atoms with E-state index in [1.807, 2.05) is 54.7 Å². The second kappa shape index (κ2) is 8.92. The van der Waals surface area contributed by atoms with Gasteiger partial charge in [0.25, 0.3) is 0 Å². The van der Waals surface area contributed by atoms with Gasteiger partial charge in [-0.1, -0.05) is 36.4 Å². The van der Waals surface area contributed by atoms with Crippen LogP contribution in [0.5, 0.6) is 0 Å². The highest BCUT2D eigenvalue weighted by Gasteiger charge is 2.07. The zero-order valence-electron chi connectivity index (χ0n) is 15.2. The lowest BCUT2D eigenvalue weighted by Gasteiger charge is -2.13. The third-order valence-electron chi connectivity index (χ3n) is 3.82. The summed E-state index contributed by atoms with van der Waals surface area (Å²) < 4.78 is 0. The molecule has 0 fully saturated rings. The summed E-state index contributed by atoms with van der Waals surface area (Å²) in [5.74, 6) is 2.30. The van der Waals surface area contributed by atoms with E-state index >= 15 is 0 Å². The second-order valence-corrected chi connectivity index (χ2v) is 6.27. The lowest BCUT2D eigenvalue weighted by atomic mass is 10.2. The van der Waals surface area contributed by atoms with Crippen molar-refractivity contribution < 1.29 is 0 Å². The van der Waals surface area contributed by atoms with Crippen LogP contribution in [0, 0.1) is 0 Å². The number of pyridine rings is 1. The van der Waals surface area contributed by atoms with Gasteiger partial charge in [0.05, 0.1) is 0 Å². The average molecular weight is 348 g/mol. The first-order valence-corrected chi connectivity index (χ1v) is 8.66. The molecule has 2 N–H and O–H groups in total. The van der Waals surface area contributed by atoms with Crippen molar-refractivity contribution in [3.63, 3.8) is 0 Å². The summed E-state index contributed by atoms with van der Waals surface area (Å²) in [6.45, 7) is 2.42. The Bertz CT molecular complexity index is 805. The maximum Gasteiger partial charge on any atom is 0.163 e. The number of benzene rings is 1. The minimum Gasteiger partial charge on any atom is -0.369 e. The summed E-state index contributed by atoms with van der Waals surface area (Å²) >= 11 is 0. The number of nitrogens with zero attached hydrogens (tertiary/aromatic N) is 4. The fourth-order valence-corrected chi connectivity index (χ4v) is 2.45. The van der Waals surface area contributed by atoms with Crippen LogP contribution in [0.1, 0.15) is 5.56 Å². The van der Waals surface area contributed by atoms with Gasteiger partial charge in [0.1, 0.15) is 11.6 Å². The smallest absolute Gasteiger partial charge is 0.163 e. The summed E-state index contributed by atoms with van der Waals surface area (Å²) in [7, 11) is 4.11. The average Bonchev–Trinajstić information content (AvgIpc) is 2.67. The molecule has 6 heteroatoms. The predicted molar refractivity (Wildman–Crippen MR) is 106 cm³/mol. The van der Waals surface area contributed by atoms with E-state index in [9.17, 15) is 0 Å². The lowest BCUT2D eigenvalue weighted by molar-refractivity contribution is 0.425. The van der Waals surface area contributed by atoms with Gasteiger partial charge >= 0.3 is 0 Å². The number of rotatable bonds is 8. The molecule has 26 heavy (non-hydrogen) atoms. The Morgan fingerprint density at radius 3 is 2.38 bits per heavy atom. The quantitative estimate of drug-likeness (QED) is 0.652. The fourth-order valence-electron chi connectivity index (χ4n) is 2.45. The number of anilines is 2. The molecule has 0 unspecified atom stereocenters. The third kappa shape index (κ3) is 5.26.